The van der Waals surface area contributed by atoms with E-state index in [0.717, 1.165) is 32.9 Å². The summed E-state index contributed by atoms with van der Waals surface area (Å²) in [5, 5.41) is 1.84. The number of rotatable bonds is 1. The number of hydrogen-bond donors (Lipinski definition) is 3. The highest BCUT2D eigenvalue weighted by molar-refractivity contribution is 6.15. The van der Waals surface area contributed by atoms with E-state index >= 15 is 0 Å². The highest BCUT2D eigenvalue weighted by Crippen LogP contribution is 2.35. The molecule has 5 N–H and O–H groups in total. The van der Waals surface area contributed by atoms with Crippen LogP contribution in [0, 0.1) is 6.92 Å². The number of nitrogens with zero attached hydrogens (tertiary/aromatic N) is 2. The molecule has 5 heteroatoms. The monoisotopic (exact) mass is 289 g/mol. The second kappa shape index (κ2) is 4.46. The molecule has 4 rings (SSSR count). The van der Waals surface area contributed by atoms with Gasteiger partial charge in [0.1, 0.15) is 5.82 Å². The van der Waals surface area contributed by atoms with Gasteiger partial charge in [0.05, 0.1) is 16.4 Å². The van der Waals surface area contributed by atoms with Crippen LogP contribution in [0.1, 0.15) is 5.56 Å². The summed E-state index contributed by atoms with van der Waals surface area (Å²) in [4.78, 5) is 11.7. The van der Waals surface area contributed by atoms with E-state index in [1.165, 1.54) is 5.56 Å². The molecule has 22 heavy (non-hydrogen) atoms. The molecule has 0 saturated heterocycles. The molecule has 0 atom stereocenters. The van der Waals surface area contributed by atoms with E-state index in [4.69, 9.17) is 11.5 Å². The summed E-state index contributed by atoms with van der Waals surface area (Å²) >= 11 is 0. The normalized spacial score (nSPS) is 11.3. The molecule has 0 unspecified atom stereocenters. The van der Waals surface area contributed by atoms with Gasteiger partial charge >= 0.3 is 0 Å². The van der Waals surface area contributed by atoms with Crippen molar-refractivity contribution < 1.29 is 0 Å². The number of nitrogens with one attached hydrogen (secondary N) is 1. The predicted octanol–water partition coefficient (Wildman–Crippen LogP) is 3.25. The maximum atomic E-state index is 6.05. The molecular weight excluding hydrogens is 274 g/mol. The lowest BCUT2D eigenvalue weighted by molar-refractivity contribution is 1.25. The molecule has 0 aliphatic heterocycles. The smallest absolute Gasteiger partial charge is 0.222 e. The van der Waals surface area contributed by atoms with Crippen molar-refractivity contribution in [1.82, 2.24) is 15.0 Å². The van der Waals surface area contributed by atoms with Gasteiger partial charge in [-0.3, -0.25) is 0 Å². The van der Waals surface area contributed by atoms with Crippen molar-refractivity contribution >= 4 is 33.6 Å². The van der Waals surface area contributed by atoms with Crippen molar-refractivity contribution in [2.45, 2.75) is 6.92 Å². The number of benzene rings is 2. The first-order chi connectivity index (χ1) is 10.6. The summed E-state index contributed by atoms with van der Waals surface area (Å²) in [6.07, 6.45) is 1.90. The Labute approximate surface area is 127 Å². The number of nitrogens with two attached hydrogens (primary N) is 2. The Balaban J connectivity index is 2.16. The van der Waals surface area contributed by atoms with Crippen LogP contribution in [0.5, 0.6) is 0 Å². The lowest BCUT2D eigenvalue weighted by Crippen LogP contribution is -2.01. The Hall–Kier alpha value is -3.08. The number of nitrogen functional groups attached to an aromatic ring is 2. The fraction of sp³-hybridized carbons (Fsp3) is 0.0588. The average Bonchev–Trinajstić information content (AvgIpc) is 2.94. The van der Waals surface area contributed by atoms with Crippen LogP contribution in [0.4, 0.5) is 11.8 Å². The zero-order valence-corrected chi connectivity index (χ0v) is 12.1. The van der Waals surface area contributed by atoms with E-state index in [1.807, 2.05) is 24.4 Å². The molecule has 2 aromatic carbocycles. The van der Waals surface area contributed by atoms with Crippen LogP contribution in [0.2, 0.25) is 0 Å². The Kier molecular flexibility index (Phi) is 2.56. The average molecular weight is 289 g/mol. The third-order valence-electron chi connectivity index (χ3n) is 3.88. The van der Waals surface area contributed by atoms with Crippen LogP contribution in [0.3, 0.4) is 0 Å². The number of anilines is 2. The van der Waals surface area contributed by atoms with E-state index in [1.54, 1.807) is 0 Å². The number of aryl methyl sites for hydroxylation is 1. The van der Waals surface area contributed by atoms with Crippen molar-refractivity contribution in [2.75, 3.05) is 11.5 Å². The minimum absolute atomic E-state index is 0.190. The van der Waals surface area contributed by atoms with Crippen LogP contribution >= 0.6 is 0 Å². The molecule has 0 aliphatic rings. The fourth-order valence-corrected chi connectivity index (χ4v) is 2.94. The summed E-state index contributed by atoms with van der Waals surface area (Å²) in [5.41, 5.74) is 17.0. The molecular formula is C17H15N5. The van der Waals surface area contributed by atoms with Gasteiger partial charge in [-0.2, -0.15) is 4.98 Å². The molecule has 0 amide bonds. The van der Waals surface area contributed by atoms with E-state index in [9.17, 15) is 0 Å². The molecule has 0 fully saturated rings. The van der Waals surface area contributed by atoms with Crippen molar-refractivity contribution in [2.24, 2.45) is 0 Å². The lowest BCUT2D eigenvalue weighted by atomic mass is 9.99. The molecule has 0 radical (unpaired) electrons. The molecule has 0 saturated carbocycles. The number of fused-ring (bicyclic) bond motifs is 3. The molecule has 2 heterocycles. The third kappa shape index (κ3) is 1.79. The van der Waals surface area contributed by atoms with Crippen molar-refractivity contribution in [3.8, 4) is 11.1 Å². The standard InChI is InChI=1S/C17H15N5/c1-9-3-2-4-10(7-9)12-8-13-14(11-5-6-20-15(11)12)16(18)22-17(19)21-13/h2-8,20H,1H3,(H4,18,19,21,22). The summed E-state index contributed by atoms with van der Waals surface area (Å²) < 4.78 is 0. The van der Waals surface area contributed by atoms with Gasteiger partial charge in [0.25, 0.3) is 0 Å². The Morgan fingerprint density at radius 1 is 1.05 bits per heavy atom. The van der Waals surface area contributed by atoms with Gasteiger partial charge in [-0.1, -0.05) is 29.8 Å². The first-order valence-corrected chi connectivity index (χ1v) is 7.03. The molecule has 4 aromatic rings. The van der Waals surface area contributed by atoms with Crippen molar-refractivity contribution in [3.63, 3.8) is 0 Å². The Morgan fingerprint density at radius 3 is 2.73 bits per heavy atom. The van der Waals surface area contributed by atoms with E-state index in [-0.39, 0.29) is 5.95 Å². The lowest BCUT2D eigenvalue weighted by Gasteiger charge is -2.09. The molecule has 2 aromatic heterocycles. The minimum Gasteiger partial charge on any atom is -0.383 e. The van der Waals surface area contributed by atoms with Gasteiger partial charge in [0.15, 0.2) is 0 Å². The third-order valence-corrected chi connectivity index (χ3v) is 3.88. The maximum Gasteiger partial charge on any atom is 0.222 e. The van der Waals surface area contributed by atoms with Gasteiger partial charge < -0.3 is 16.5 Å². The van der Waals surface area contributed by atoms with Crippen LogP contribution in [-0.4, -0.2) is 15.0 Å². The van der Waals surface area contributed by atoms with Crippen molar-refractivity contribution in [3.05, 3.63) is 48.2 Å². The van der Waals surface area contributed by atoms with E-state index < -0.39 is 0 Å². The number of H-pyrrole nitrogens is 1. The summed E-state index contributed by atoms with van der Waals surface area (Å²) in [6.45, 7) is 2.08. The molecule has 0 aliphatic carbocycles. The van der Waals surface area contributed by atoms with E-state index in [0.29, 0.717) is 5.82 Å². The Morgan fingerprint density at radius 2 is 1.91 bits per heavy atom. The number of aromatic nitrogens is 3. The SMILES string of the molecule is Cc1cccc(-c2cc3nc(N)nc(N)c3c3cc[nH]c23)c1. The second-order valence-electron chi connectivity index (χ2n) is 5.42. The first-order valence-electron chi connectivity index (χ1n) is 7.03. The van der Waals surface area contributed by atoms with E-state index in [2.05, 4.69) is 40.1 Å². The zero-order valence-electron chi connectivity index (χ0n) is 12.1. The highest BCUT2D eigenvalue weighted by Gasteiger charge is 2.13. The number of aromatic amines is 1. The quantitative estimate of drug-likeness (QED) is 0.501. The van der Waals surface area contributed by atoms with Gasteiger partial charge in [-0.05, 0) is 24.6 Å². The summed E-state index contributed by atoms with van der Waals surface area (Å²) in [5.74, 6) is 0.595. The molecule has 108 valence electrons. The molecule has 5 nitrogen and oxygen atoms in total. The molecule has 0 bridgehead atoms. The highest BCUT2D eigenvalue weighted by atomic mass is 15.0. The predicted molar refractivity (Wildman–Crippen MR) is 90.4 cm³/mol. The largest absolute Gasteiger partial charge is 0.383 e. The van der Waals surface area contributed by atoms with Crippen LogP contribution in [0.15, 0.2) is 42.6 Å². The second-order valence-corrected chi connectivity index (χ2v) is 5.42. The zero-order chi connectivity index (χ0) is 15.3. The molecule has 0 spiro atoms. The first kappa shape index (κ1) is 12.6. The van der Waals surface area contributed by atoms with Gasteiger partial charge in [0.2, 0.25) is 5.95 Å². The number of hydrogen-bond acceptors (Lipinski definition) is 4. The van der Waals surface area contributed by atoms with Crippen LogP contribution < -0.4 is 11.5 Å². The minimum atomic E-state index is 0.190. The Bertz CT molecular complexity index is 1020. The van der Waals surface area contributed by atoms with Crippen molar-refractivity contribution in [1.29, 1.82) is 0 Å². The van der Waals surface area contributed by atoms with Gasteiger partial charge in [-0.25, -0.2) is 4.98 Å². The van der Waals surface area contributed by atoms with Crippen LogP contribution in [0.25, 0.3) is 32.9 Å². The topological polar surface area (TPSA) is 93.6 Å². The van der Waals surface area contributed by atoms with Gasteiger partial charge in [0, 0.05) is 17.1 Å². The van der Waals surface area contributed by atoms with Crippen LogP contribution in [-0.2, 0) is 0 Å². The van der Waals surface area contributed by atoms with Gasteiger partial charge in [-0.15, -0.1) is 0 Å². The fourth-order valence-electron chi connectivity index (χ4n) is 2.94. The maximum absolute atomic E-state index is 6.05. The summed E-state index contributed by atoms with van der Waals surface area (Å²) in [7, 11) is 0. The summed E-state index contributed by atoms with van der Waals surface area (Å²) in [6, 6.07) is 12.4.